The van der Waals surface area contributed by atoms with Gasteiger partial charge in [0.2, 0.25) is 10.0 Å². The van der Waals surface area contributed by atoms with Gasteiger partial charge in [-0.15, -0.1) is 10.2 Å². The lowest BCUT2D eigenvalue weighted by atomic mass is 10.2. The molecule has 4 rings (SSSR count). The van der Waals surface area contributed by atoms with E-state index in [0.29, 0.717) is 36.9 Å². The Morgan fingerprint density at radius 2 is 1.47 bits per heavy atom. The first-order chi connectivity index (χ1) is 14.3. The second-order valence-corrected chi connectivity index (χ2v) is 10.5. The van der Waals surface area contributed by atoms with E-state index in [0.717, 1.165) is 26.3 Å². The maximum Gasteiger partial charge on any atom is 0.243 e. The molecule has 3 heterocycles. The van der Waals surface area contributed by atoms with Crippen molar-refractivity contribution in [3.05, 3.63) is 56.9 Å². The molecular weight excluding hydrogens is 515 g/mol. The zero-order valence-corrected chi connectivity index (χ0v) is 20.1. The first-order valence-electron chi connectivity index (χ1n) is 9.65. The van der Waals surface area contributed by atoms with Crippen molar-refractivity contribution in [3.8, 4) is 5.82 Å². The molecule has 158 valence electrons. The van der Waals surface area contributed by atoms with Crippen LogP contribution in [0, 0.1) is 24.3 Å². The van der Waals surface area contributed by atoms with Crippen molar-refractivity contribution in [2.24, 2.45) is 0 Å². The van der Waals surface area contributed by atoms with Crippen molar-refractivity contribution in [2.75, 3.05) is 31.1 Å². The smallest absolute Gasteiger partial charge is 0.243 e. The average Bonchev–Trinajstić information content (AvgIpc) is 3.01. The fraction of sp³-hybridized carbons (Fsp3) is 0.350. The quantitative estimate of drug-likeness (QED) is 0.476. The Kier molecular flexibility index (Phi) is 5.82. The molecule has 2 aromatic heterocycles. The van der Waals surface area contributed by atoms with Crippen molar-refractivity contribution in [2.45, 2.75) is 25.7 Å². The third-order valence-corrected chi connectivity index (χ3v) is 8.15. The summed E-state index contributed by atoms with van der Waals surface area (Å²) in [6.45, 7) is 7.98. The van der Waals surface area contributed by atoms with E-state index in [-0.39, 0.29) is 0 Å². The maximum atomic E-state index is 12.9. The Labute approximate surface area is 190 Å². The molecule has 0 bridgehead atoms. The summed E-state index contributed by atoms with van der Waals surface area (Å²) in [5, 5.41) is 13.2. The van der Waals surface area contributed by atoms with Crippen LogP contribution >= 0.6 is 22.6 Å². The van der Waals surface area contributed by atoms with Crippen LogP contribution in [0.15, 0.2) is 41.3 Å². The van der Waals surface area contributed by atoms with Gasteiger partial charge in [-0.25, -0.2) is 13.1 Å². The molecule has 0 saturated carbocycles. The van der Waals surface area contributed by atoms with Crippen LogP contribution in [0.4, 0.5) is 5.82 Å². The van der Waals surface area contributed by atoms with Crippen LogP contribution in [0.25, 0.3) is 5.82 Å². The van der Waals surface area contributed by atoms with Crippen LogP contribution in [-0.4, -0.2) is 58.9 Å². The average molecular weight is 538 g/mol. The molecule has 0 radical (unpaired) electrons. The number of rotatable bonds is 4. The SMILES string of the molecule is Cc1nn(-c2ccc(N3CCN(S(=O)(=O)c4ccc(I)cc4)CC3)nn2)c(C)c1C. The second-order valence-electron chi connectivity index (χ2n) is 7.30. The van der Waals surface area contributed by atoms with Gasteiger partial charge in [0.05, 0.1) is 10.6 Å². The van der Waals surface area contributed by atoms with Crippen LogP contribution in [0.2, 0.25) is 0 Å². The molecule has 0 N–H and O–H groups in total. The molecule has 30 heavy (non-hydrogen) atoms. The summed E-state index contributed by atoms with van der Waals surface area (Å²) in [4.78, 5) is 2.39. The van der Waals surface area contributed by atoms with Gasteiger partial charge in [-0.1, -0.05) is 0 Å². The van der Waals surface area contributed by atoms with Gasteiger partial charge in [-0.05, 0) is 85.3 Å². The van der Waals surface area contributed by atoms with E-state index in [4.69, 9.17) is 0 Å². The van der Waals surface area contributed by atoms with Gasteiger partial charge in [-0.3, -0.25) is 0 Å². The van der Waals surface area contributed by atoms with Gasteiger partial charge in [0, 0.05) is 35.4 Å². The van der Waals surface area contributed by atoms with Crippen molar-refractivity contribution in [3.63, 3.8) is 0 Å². The molecule has 0 aliphatic carbocycles. The molecule has 1 aromatic carbocycles. The molecule has 8 nitrogen and oxygen atoms in total. The third kappa shape index (κ3) is 3.95. The molecule has 1 aliphatic rings. The topological polar surface area (TPSA) is 84.2 Å². The van der Waals surface area contributed by atoms with Gasteiger partial charge in [-0.2, -0.15) is 9.40 Å². The predicted octanol–water partition coefficient (Wildman–Crippen LogP) is 2.70. The summed E-state index contributed by atoms with van der Waals surface area (Å²) in [6.07, 6.45) is 0. The predicted molar refractivity (Wildman–Crippen MR) is 123 cm³/mol. The Hall–Kier alpha value is -2.05. The number of hydrogen-bond acceptors (Lipinski definition) is 6. The van der Waals surface area contributed by atoms with Crippen LogP contribution in [0.1, 0.15) is 17.0 Å². The van der Waals surface area contributed by atoms with Crippen LogP contribution in [0.5, 0.6) is 0 Å². The van der Waals surface area contributed by atoms with Crippen molar-refractivity contribution in [1.82, 2.24) is 24.3 Å². The highest BCUT2D eigenvalue weighted by Crippen LogP contribution is 2.21. The summed E-state index contributed by atoms with van der Waals surface area (Å²) in [7, 11) is -3.48. The summed E-state index contributed by atoms with van der Waals surface area (Å²) in [5.41, 5.74) is 3.17. The fourth-order valence-corrected chi connectivity index (χ4v) is 5.24. The Morgan fingerprint density at radius 1 is 0.867 bits per heavy atom. The first kappa shape index (κ1) is 21.2. The largest absolute Gasteiger partial charge is 0.352 e. The Morgan fingerprint density at radius 3 is 2.00 bits per heavy atom. The van der Waals surface area contributed by atoms with E-state index in [1.807, 2.05) is 45.0 Å². The molecular formula is C20H23IN6O2S. The van der Waals surface area contributed by atoms with E-state index in [2.05, 4.69) is 42.8 Å². The number of hydrogen-bond donors (Lipinski definition) is 0. The van der Waals surface area contributed by atoms with Gasteiger partial charge >= 0.3 is 0 Å². The van der Waals surface area contributed by atoms with E-state index >= 15 is 0 Å². The van der Waals surface area contributed by atoms with Gasteiger partial charge in [0.1, 0.15) is 0 Å². The highest BCUT2D eigenvalue weighted by atomic mass is 127. The fourth-order valence-electron chi connectivity index (χ4n) is 3.46. The summed E-state index contributed by atoms with van der Waals surface area (Å²) in [5.74, 6) is 1.41. The number of sulfonamides is 1. The zero-order valence-electron chi connectivity index (χ0n) is 17.1. The maximum absolute atomic E-state index is 12.9. The molecule has 1 saturated heterocycles. The number of piperazine rings is 1. The highest BCUT2D eigenvalue weighted by molar-refractivity contribution is 14.1. The minimum absolute atomic E-state index is 0.334. The van der Waals surface area contributed by atoms with Crippen LogP contribution in [-0.2, 0) is 10.0 Å². The van der Waals surface area contributed by atoms with E-state index < -0.39 is 10.0 Å². The first-order valence-corrected chi connectivity index (χ1v) is 12.2. The molecule has 0 unspecified atom stereocenters. The molecule has 1 aliphatic heterocycles. The van der Waals surface area contributed by atoms with E-state index in [1.165, 1.54) is 4.31 Å². The lowest BCUT2D eigenvalue weighted by Crippen LogP contribution is -2.49. The molecule has 0 spiro atoms. The minimum atomic E-state index is -3.48. The van der Waals surface area contributed by atoms with Crippen molar-refractivity contribution >= 4 is 38.4 Å². The normalized spacial score (nSPS) is 15.5. The number of nitrogens with zero attached hydrogens (tertiary/aromatic N) is 6. The lowest BCUT2D eigenvalue weighted by molar-refractivity contribution is 0.383. The van der Waals surface area contributed by atoms with Crippen molar-refractivity contribution < 1.29 is 8.42 Å². The molecule has 3 aromatic rings. The highest BCUT2D eigenvalue weighted by Gasteiger charge is 2.29. The van der Waals surface area contributed by atoms with E-state index in [1.54, 1.807) is 16.8 Å². The number of aryl methyl sites for hydroxylation is 1. The molecule has 0 amide bonds. The van der Waals surface area contributed by atoms with Gasteiger partial charge in [0.25, 0.3) is 0 Å². The second kappa shape index (κ2) is 8.23. The third-order valence-electron chi connectivity index (χ3n) is 5.52. The minimum Gasteiger partial charge on any atom is -0.352 e. The Bertz CT molecular complexity index is 1150. The zero-order chi connectivity index (χ0) is 21.5. The van der Waals surface area contributed by atoms with Gasteiger partial charge < -0.3 is 4.90 Å². The molecule has 1 fully saturated rings. The summed E-state index contributed by atoms with van der Waals surface area (Å²) < 4.78 is 30.1. The summed E-state index contributed by atoms with van der Waals surface area (Å²) >= 11 is 2.17. The standard InChI is InChI=1S/C20H23IN6O2S/c1-14-15(2)24-27(16(14)3)20-9-8-19(22-23-20)25-10-12-26(13-11-25)30(28,29)18-6-4-17(21)5-7-18/h4-9H,10-13H2,1-3H3. The van der Waals surface area contributed by atoms with Crippen molar-refractivity contribution in [1.29, 1.82) is 0 Å². The Balaban J connectivity index is 1.45. The molecule has 10 heteroatoms. The van der Waals surface area contributed by atoms with Crippen LogP contribution in [0.3, 0.4) is 0 Å². The number of benzene rings is 1. The number of aromatic nitrogens is 4. The van der Waals surface area contributed by atoms with Gasteiger partial charge in [0.15, 0.2) is 11.6 Å². The lowest BCUT2D eigenvalue weighted by Gasteiger charge is -2.34. The molecule has 0 atom stereocenters. The number of anilines is 1. The summed E-state index contributed by atoms with van der Waals surface area (Å²) in [6, 6.07) is 10.8. The van der Waals surface area contributed by atoms with Crippen LogP contribution < -0.4 is 4.90 Å². The number of halogens is 1. The van der Waals surface area contributed by atoms with E-state index in [9.17, 15) is 8.42 Å². The monoisotopic (exact) mass is 538 g/mol.